The molecule has 2 atom stereocenters. The third kappa shape index (κ3) is 4.49. The molecule has 2 aliphatic rings. The van der Waals surface area contributed by atoms with Gasteiger partial charge in [0.1, 0.15) is 23.2 Å². The number of piperidine rings is 1. The van der Waals surface area contributed by atoms with Crippen molar-refractivity contribution in [1.82, 2.24) is 20.1 Å². The summed E-state index contributed by atoms with van der Waals surface area (Å²) < 4.78 is 17.9. The van der Waals surface area contributed by atoms with Gasteiger partial charge >= 0.3 is 6.09 Å². The summed E-state index contributed by atoms with van der Waals surface area (Å²) in [7, 11) is 0. The van der Waals surface area contributed by atoms with Crippen LogP contribution < -0.4 is 9.47 Å². The number of nitrogens with zero attached hydrogens (tertiary/aromatic N) is 3. The predicted octanol–water partition coefficient (Wildman–Crippen LogP) is 5.65. The van der Waals surface area contributed by atoms with Gasteiger partial charge in [0.25, 0.3) is 5.19 Å². The van der Waals surface area contributed by atoms with Gasteiger partial charge in [-0.25, -0.2) is 4.79 Å². The minimum Gasteiger partial charge on any atom is -0.472 e. The van der Waals surface area contributed by atoms with E-state index in [0.717, 1.165) is 40.0 Å². The molecule has 0 bridgehead atoms. The number of likely N-dealkylation sites (tertiary alicyclic amines) is 1. The number of carbonyl (C=O) groups excluding carboxylic acids is 1. The van der Waals surface area contributed by atoms with E-state index in [0.29, 0.717) is 17.7 Å². The van der Waals surface area contributed by atoms with Gasteiger partial charge in [-0.3, -0.25) is 5.10 Å². The van der Waals surface area contributed by atoms with E-state index in [9.17, 15) is 4.79 Å². The van der Waals surface area contributed by atoms with Crippen molar-refractivity contribution in [3.8, 4) is 32.6 Å². The molecule has 9 heteroatoms. The molecule has 2 aliphatic heterocycles. The number of rotatable bonds is 3. The molecule has 1 fully saturated rings. The van der Waals surface area contributed by atoms with Crippen molar-refractivity contribution >= 4 is 17.4 Å². The molecule has 1 amide bonds. The monoisotopic (exact) mass is 482 g/mol. The lowest BCUT2D eigenvalue weighted by atomic mass is 9.95. The van der Waals surface area contributed by atoms with E-state index in [4.69, 9.17) is 14.2 Å². The molecule has 3 aromatic rings. The zero-order chi connectivity index (χ0) is 24.0. The molecule has 8 nitrogen and oxygen atoms in total. The van der Waals surface area contributed by atoms with Crippen molar-refractivity contribution < 1.29 is 19.0 Å². The molecule has 0 radical (unpaired) electrons. The van der Waals surface area contributed by atoms with Crippen LogP contribution in [0, 0.1) is 0 Å². The molecular weight excluding hydrogens is 452 g/mol. The van der Waals surface area contributed by atoms with Gasteiger partial charge in [-0.2, -0.15) is 10.1 Å². The van der Waals surface area contributed by atoms with Crippen molar-refractivity contribution in [2.45, 2.75) is 77.9 Å². The van der Waals surface area contributed by atoms with Crippen LogP contribution in [0.5, 0.6) is 11.1 Å². The van der Waals surface area contributed by atoms with Gasteiger partial charge in [0, 0.05) is 42.2 Å². The molecule has 180 valence electrons. The number of ether oxygens (including phenoxy) is 3. The molecular formula is C25H30N4O4S. The SMILES string of the molecule is CC1CC(Oc2nc3c(s2)-c2ccc(-c4cn[nH]c4)cc2CO3)CC(C)N1C(=O)OC(C)(C)C. The molecule has 2 aromatic heterocycles. The minimum absolute atomic E-state index is 0.0107. The highest BCUT2D eigenvalue weighted by atomic mass is 32.1. The van der Waals surface area contributed by atoms with Crippen molar-refractivity contribution in [2.24, 2.45) is 0 Å². The van der Waals surface area contributed by atoms with E-state index in [-0.39, 0.29) is 24.3 Å². The number of carbonyl (C=O) groups is 1. The van der Waals surface area contributed by atoms with Crippen LogP contribution in [0.4, 0.5) is 4.79 Å². The molecule has 0 spiro atoms. The molecule has 5 rings (SSSR count). The van der Waals surface area contributed by atoms with E-state index in [2.05, 4.69) is 33.4 Å². The first-order chi connectivity index (χ1) is 16.2. The van der Waals surface area contributed by atoms with Crippen LogP contribution in [0.1, 0.15) is 53.0 Å². The van der Waals surface area contributed by atoms with Crippen LogP contribution in [0.2, 0.25) is 0 Å². The second-order valence-electron chi connectivity index (χ2n) is 10.1. The number of hydrogen-bond donors (Lipinski definition) is 1. The van der Waals surface area contributed by atoms with Crippen LogP contribution >= 0.6 is 11.3 Å². The summed E-state index contributed by atoms with van der Waals surface area (Å²) in [5.41, 5.74) is 3.87. The van der Waals surface area contributed by atoms with E-state index in [1.807, 2.05) is 51.9 Å². The Morgan fingerprint density at radius 1 is 1.21 bits per heavy atom. The lowest BCUT2D eigenvalue weighted by Crippen LogP contribution is -2.53. The fourth-order valence-corrected chi connectivity index (χ4v) is 5.70. The van der Waals surface area contributed by atoms with Gasteiger partial charge in [-0.05, 0) is 51.8 Å². The van der Waals surface area contributed by atoms with Gasteiger partial charge in [-0.15, -0.1) is 0 Å². The molecule has 0 aliphatic carbocycles. The second-order valence-corrected chi connectivity index (χ2v) is 11.0. The minimum atomic E-state index is -0.514. The quantitative estimate of drug-likeness (QED) is 0.519. The summed E-state index contributed by atoms with van der Waals surface area (Å²) in [5.74, 6) is 0.621. The largest absolute Gasteiger partial charge is 0.472 e. The molecule has 34 heavy (non-hydrogen) atoms. The number of amides is 1. The first-order valence-electron chi connectivity index (χ1n) is 11.6. The number of benzene rings is 1. The van der Waals surface area contributed by atoms with E-state index in [1.54, 1.807) is 0 Å². The number of fused-ring (bicyclic) bond motifs is 3. The summed E-state index contributed by atoms with van der Waals surface area (Å²) in [5, 5.41) is 7.50. The maximum atomic E-state index is 12.7. The summed E-state index contributed by atoms with van der Waals surface area (Å²) in [4.78, 5) is 20.1. The Labute approximate surface area is 203 Å². The van der Waals surface area contributed by atoms with Crippen LogP contribution in [-0.4, -0.2) is 50.0 Å². The van der Waals surface area contributed by atoms with Gasteiger partial charge in [0.05, 0.1) is 6.20 Å². The van der Waals surface area contributed by atoms with Crippen molar-refractivity contribution in [3.63, 3.8) is 0 Å². The predicted molar refractivity (Wildman–Crippen MR) is 130 cm³/mol. The molecule has 4 heterocycles. The third-order valence-corrected chi connectivity index (χ3v) is 7.11. The van der Waals surface area contributed by atoms with Crippen molar-refractivity contribution in [1.29, 1.82) is 0 Å². The highest BCUT2D eigenvalue weighted by Crippen LogP contribution is 2.45. The van der Waals surface area contributed by atoms with E-state index >= 15 is 0 Å². The Morgan fingerprint density at radius 3 is 2.65 bits per heavy atom. The molecule has 1 N–H and O–H groups in total. The van der Waals surface area contributed by atoms with Crippen LogP contribution in [0.15, 0.2) is 30.6 Å². The number of aromatic amines is 1. The zero-order valence-electron chi connectivity index (χ0n) is 20.1. The van der Waals surface area contributed by atoms with Crippen molar-refractivity contribution in [2.75, 3.05) is 0 Å². The lowest BCUT2D eigenvalue weighted by molar-refractivity contribution is -0.0180. The molecule has 2 unspecified atom stereocenters. The second kappa shape index (κ2) is 8.61. The van der Waals surface area contributed by atoms with Gasteiger partial charge < -0.3 is 19.1 Å². The first-order valence-corrected chi connectivity index (χ1v) is 12.4. The van der Waals surface area contributed by atoms with Gasteiger partial charge in [0.15, 0.2) is 0 Å². The Bertz CT molecular complexity index is 1170. The van der Waals surface area contributed by atoms with Gasteiger partial charge in [0.2, 0.25) is 5.88 Å². The molecule has 0 saturated carbocycles. The van der Waals surface area contributed by atoms with Crippen LogP contribution in [-0.2, 0) is 11.3 Å². The fourth-order valence-electron chi connectivity index (χ4n) is 4.71. The number of nitrogens with one attached hydrogen (secondary N) is 1. The molecule has 1 aromatic carbocycles. The van der Waals surface area contributed by atoms with Gasteiger partial charge in [-0.1, -0.05) is 23.5 Å². The summed E-state index contributed by atoms with van der Waals surface area (Å²) in [6.45, 7) is 10.2. The summed E-state index contributed by atoms with van der Waals surface area (Å²) in [6, 6.07) is 6.37. The lowest BCUT2D eigenvalue weighted by Gasteiger charge is -2.42. The number of hydrogen-bond acceptors (Lipinski definition) is 7. The number of H-pyrrole nitrogens is 1. The standard InChI is InChI=1S/C25H30N4O4S/c1-14-8-19(9-15(2)29(14)24(30)33-25(3,4)5)32-23-28-22-21(34-23)20-7-6-16(10-17(20)13-31-22)18-11-26-27-12-18/h6-7,10-12,14-15,19H,8-9,13H2,1-5H3,(H,26,27). The summed E-state index contributed by atoms with van der Waals surface area (Å²) in [6.07, 6.45) is 4.84. The van der Waals surface area contributed by atoms with E-state index < -0.39 is 5.60 Å². The van der Waals surface area contributed by atoms with E-state index in [1.165, 1.54) is 11.3 Å². The average molecular weight is 483 g/mol. The summed E-state index contributed by atoms with van der Waals surface area (Å²) >= 11 is 1.51. The Morgan fingerprint density at radius 2 is 1.97 bits per heavy atom. The van der Waals surface area contributed by atoms with Crippen LogP contribution in [0.25, 0.3) is 21.6 Å². The third-order valence-electron chi connectivity index (χ3n) is 6.15. The highest BCUT2D eigenvalue weighted by Gasteiger charge is 2.38. The number of thiazole rings is 1. The average Bonchev–Trinajstić information content (AvgIpc) is 3.41. The first kappa shape index (κ1) is 22.7. The van der Waals surface area contributed by atoms with Crippen LogP contribution in [0.3, 0.4) is 0 Å². The molecule has 1 saturated heterocycles. The Balaban J connectivity index is 1.29. The van der Waals surface area contributed by atoms with Crippen molar-refractivity contribution in [3.05, 3.63) is 36.2 Å². The topological polar surface area (TPSA) is 89.6 Å². The normalized spacial score (nSPS) is 21.9. The smallest absolute Gasteiger partial charge is 0.410 e. The highest BCUT2D eigenvalue weighted by molar-refractivity contribution is 7.17. The maximum Gasteiger partial charge on any atom is 0.410 e. The Kier molecular flexibility index (Phi) is 5.75. The Hall–Kier alpha value is -3.07. The number of aromatic nitrogens is 3. The maximum absolute atomic E-state index is 12.7. The fraction of sp³-hybridized carbons (Fsp3) is 0.480. The zero-order valence-corrected chi connectivity index (χ0v) is 20.9.